The van der Waals surface area contributed by atoms with Crippen molar-refractivity contribution in [1.82, 2.24) is 19.9 Å². The van der Waals surface area contributed by atoms with E-state index < -0.39 is 0 Å². The van der Waals surface area contributed by atoms with Gasteiger partial charge < -0.3 is 15.2 Å². The Bertz CT molecular complexity index is 592. The van der Waals surface area contributed by atoms with Gasteiger partial charge in [0.2, 0.25) is 5.91 Å². The lowest BCUT2D eigenvalue weighted by molar-refractivity contribution is -0.121. The van der Waals surface area contributed by atoms with Gasteiger partial charge in [-0.1, -0.05) is 0 Å². The van der Waals surface area contributed by atoms with Crippen molar-refractivity contribution in [3.63, 3.8) is 0 Å². The lowest BCUT2D eigenvalue weighted by Gasteiger charge is -2.08. The fourth-order valence-corrected chi connectivity index (χ4v) is 2.12. The Morgan fingerprint density at radius 2 is 2.05 bits per heavy atom. The maximum absolute atomic E-state index is 11.5. The highest BCUT2D eigenvalue weighted by atomic mass is 16.1. The highest BCUT2D eigenvalue weighted by molar-refractivity contribution is 5.76. The zero-order chi connectivity index (χ0) is 14.5. The maximum Gasteiger partial charge on any atom is 0.220 e. The minimum absolute atomic E-state index is 0.148. The van der Waals surface area contributed by atoms with Gasteiger partial charge in [-0.05, 0) is 30.9 Å². The van der Waals surface area contributed by atoms with Gasteiger partial charge in [-0.2, -0.15) is 0 Å². The van der Waals surface area contributed by atoms with E-state index in [0.717, 1.165) is 11.6 Å². The average molecular weight is 285 g/mol. The van der Waals surface area contributed by atoms with E-state index >= 15 is 0 Å². The van der Waals surface area contributed by atoms with Crippen LogP contribution >= 0.6 is 0 Å². The molecule has 2 aromatic heterocycles. The lowest BCUT2D eigenvalue weighted by atomic mass is 10.3. The zero-order valence-corrected chi connectivity index (χ0v) is 11.8. The quantitative estimate of drug-likeness (QED) is 0.758. The molecule has 3 rings (SSSR count). The number of carbonyl (C=O) groups excluding carboxylic acids is 1. The summed E-state index contributed by atoms with van der Waals surface area (Å²) in [5.74, 6) is 2.35. The summed E-state index contributed by atoms with van der Waals surface area (Å²) >= 11 is 0. The van der Waals surface area contributed by atoms with Gasteiger partial charge in [-0.15, -0.1) is 0 Å². The van der Waals surface area contributed by atoms with Gasteiger partial charge in [0.05, 0.1) is 0 Å². The molecule has 0 unspecified atom stereocenters. The maximum atomic E-state index is 11.5. The van der Waals surface area contributed by atoms with E-state index in [9.17, 15) is 4.79 Å². The molecule has 1 saturated carbocycles. The first-order chi connectivity index (χ1) is 10.3. The van der Waals surface area contributed by atoms with Crippen LogP contribution < -0.4 is 10.6 Å². The van der Waals surface area contributed by atoms with E-state index in [1.165, 1.54) is 19.2 Å². The Morgan fingerprint density at radius 1 is 1.24 bits per heavy atom. The second kappa shape index (κ2) is 6.39. The Labute approximate surface area is 123 Å². The van der Waals surface area contributed by atoms with Crippen LogP contribution in [0.15, 0.2) is 36.9 Å². The molecule has 21 heavy (non-hydrogen) atoms. The van der Waals surface area contributed by atoms with Gasteiger partial charge in [0, 0.05) is 38.0 Å². The van der Waals surface area contributed by atoms with Gasteiger partial charge in [0.1, 0.15) is 18.0 Å². The molecule has 6 heteroatoms. The Hall–Kier alpha value is -2.37. The number of nitrogens with zero attached hydrogens (tertiary/aromatic N) is 3. The summed E-state index contributed by atoms with van der Waals surface area (Å²) in [6.07, 6.45) is 8.48. The Kier molecular flexibility index (Phi) is 4.14. The van der Waals surface area contributed by atoms with Gasteiger partial charge >= 0.3 is 0 Å². The number of nitrogens with one attached hydrogen (secondary N) is 2. The number of anilines is 1. The molecule has 0 saturated heterocycles. The molecule has 1 fully saturated rings. The summed E-state index contributed by atoms with van der Waals surface area (Å²) in [7, 11) is 0. The van der Waals surface area contributed by atoms with Crippen molar-refractivity contribution in [2.24, 2.45) is 5.92 Å². The molecule has 0 atom stereocenters. The van der Waals surface area contributed by atoms with E-state index in [1.54, 1.807) is 0 Å². The zero-order valence-electron chi connectivity index (χ0n) is 11.8. The molecule has 0 spiro atoms. The molecule has 2 N–H and O–H groups in total. The minimum Gasteiger partial charge on any atom is -0.368 e. The predicted molar refractivity (Wildman–Crippen MR) is 80.2 cm³/mol. The van der Waals surface area contributed by atoms with Crippen LogP contribution in [0, 0.1) is 5.92 Å². The molecule has 0 bridgehead atoms. The van der Waals surface area contributed by atoms with E-state index in [2.05, 4.69) is 20.6 Å². The lowest BCUT2D eigenvalue weighted by Crippen LogP contribution is -2.29. The summed E-state index contributed by atoms with van der Waals surface area (Å²) in [5.41, 5.74) is 0. The number of rotatable bonds is 7. The summed E-state index contributed by atoms with van der Waals surface area (Å²) in [6.45, 7) is 1.26. The number of aromatic nitrogens is 3. The molecule has 0 radical (unpaired) electrons. The summed E-state index contributed by atoms with van der Waals surface area (Å²) in [5, 5.41) is 6.11. The van der Waals surface area contributed by atoms with Crippen LogP contribution in [0.5, 0.6) is 0 Å². The summed E-state index contributed by atoms with van der Waals surface area (Å²) < 4.78 is 1.92. The third-order valence-electron chi connectivity index (χ3n) is 3.45. The number of amides is 1. The molecule has 1 amide bonds. The Morgan fingerprint density at radius 3 is 2.81 bits per heavy atom. The molecule has 2 heterocycles. The summed E-state index contributed by atoms with van der Waals surface area (Å²) in [4.78, 5) is 19.9. The third kappa shape index (κ3) is 4.05. The molecule has 6 nitrogen and oxygen atoms in total. The molecular formula is C15H19N5O. The normalized spacial score (nSPS) is 13.9. The standard InChI is InChI=1S/C15H19N5O/c21-15(9-12-3-4-12)17-6-5-16-13-10-14(19-11-18-13)20-7-1-2-8-20/h1-2,7-8,10-12H,3-6,9H2,(H,17,21)(H,16,18,19). The largest absolute Gasteiger partial charge is 0.368 e. The Balaban J connectivity index is 1.44. The number of carbonyl (C=O) groups is 1. The fraction of sp³-hybridized carbons (Fsp3) is 0.400. The molecule has 0 aromatic carbocycles. The number of hydrogen-bond donors (Lipinski definition) is 2. The molecule has 110 valence electrons. The average Bonchev–Trinajstić information content (AvgIpc) is 3.14. The van der Waals surface area contributed by atoms with Crippen LogP contribution in [0.25, 0.3) is 5.82 Å². The smallest absolute Gasteiger partial charge is 0.220 e. The molecule has 1 aliphatic rings. The first-order valence-electron chi connectivity index (χ1n) is 7.27. The van der Waals surface area contributed by atoms with Gasteiger partial charge in [0.15, 0.2) is 0 Å². The van der Waals surface area contributed by atoms with E-state index in [0.29, 0.717) is 25.4 Å². The monoisotopic (exact) mass is 285 g/mol. The molecule has 0 aliphatic heterocycles. The minimum atomic E-state index is 0.148. The van der Waals surface area contributed by atoms with Crippen molar-refractivity contribution in [2.45, 2.75) is 19.3 Å². The van der Waals surface area contributed by atoms with E-state index in [4.69, 9.17) is 0 Å². The van der Waals surface area contributed by atoms with Crippen LogP contribution in [0.1, 0.15) is 19.3 Å². The SMILES string of the molecule is O=C(CC1CC1)NCCNc1cc(-n2cccc2)ncn1. The second-order valence-electron chi connectivity index (χ2n) is 5.28. The highest BCUT2D eigenvalue weighted by Gasteiger charge is 2.23. The third-order valence-corrected chi connectivity index (χ3v) is 3.45. The fourth-order valence-electron chi connectivity index (χ4n) is 2.12. The molecule has 1 aliphatic carbocycles. The van der Waals surface area contributed by atoms with Crippen molar-refractivity contribution in [3.05, 3.63) is 36.9 Å². The van der Waals surface area contributed by atoms with Crippen LogP contribution in [0.4, 0.5) is 5.82 Å². The van der Waals surface area contributed by atoms with Crippen molar-refractivity contribution < 1.29 is 4.79 Å². The first-order valence-corrected chi connectivity index (χ1v) is 7.27. The number of hydrogen-bond acceptors (Lipinski definition) is 4. The van der Waals surface area contributed by atoms with Crippen LogP contribution in [-0.4, -0.2) is 33.5 Å². The topological polar surface area (TPSA) is 71.8 Å². The van der Waals surface area contributed by atoms with Gasteiger partial charge in [-0.3, -0.25) is 4.79 Å². The van der Waals surface area contributed by atoms with Crippen LogP contribution in [0.2, 0.25) is 0 Å². The second-order valence-corrected chi connectivity index (χ2v) is 5.28. The first kappa shape index (κ1) is 13.6. The summed E-state index contributed by atoms with van der Waals surface area (Å²) in [6, 6.07) is 5.78. The van der Waals surface area contributed by atoms with Crippen molar-refractivity contribution in [1.29, 1.82) is 0 Å². The van der Waals surface area contributed by atoms with E-state index in [1.807, 2.05) is 35.2 Å². The van der Waals surface area contributed by atoms with Gasteiger partial charge in [-0.25, -0.2) is 9.97 Å². The molecule has 2 aromatic rings. The van der Waals surface area contributed by atoms with Crippen LogP contribution in [0.3, 0.4) is 0 Å². The van der Waals surface area contributed by atoms with Crippen molar-refractivity contribution in [2.75, 3.05) is 18.4 Å². The van der Waals surface area contributed by atoms with Crippen molar-refractivity contribution in [3.8, 4) is 5.82 Å². The van der Waals surface area contributed by atoms with Gasteiger partial charge in [0.25, 0.3) is 0 Å². The van der Waals surface area contributed by atoms with Crippen molar-refractivity contribution >= 4 is 11.7 Å². The van der Waals surface area contributed by atoms with Crippen LogP contribution in [-0.2, 0) is 4.79 Å². The van der Waals surface area contributed by atoms with E-state index in [-0.39, 0.29) is 5.91 Å². The molecular weight excluding hydrogens is 266 g/mol. The predicted octanol–water partition coefficient (Wildman–Crippen LogP) is 1.60. The highest BCUT2D eigenvalue weighted by Crippen LogP contribution is 2.31.